The molecule has 2 aromatic heterocycles. The zero-order valence-electron chi connectivity index (χ0n) is 10.9. The summed E-state index contributed by atoms with van der Waals surface area (Å²) in [5.74, 6) is 0.777. The fourth-order valence-electron chi connectivity index (χ4n) is 2.38. The molecule has 0 aliphatic rings. The number of carbonyl (C=O) groups is 1. The highest BCUT2D eigenvalue weighted by Gasteiger charge is 2.15. The van der Waals surface area contributed by atoms with Crippen LogP contribution in [0, 0.1) is 0 Å². The van der Waals surface area contributed by atoms with E-state index in [0.717, 1.165) is 29.4 Å². The molecule has 0 fully saturated rings. The summed E-state index contributed by atoms with van der Waals surface area (Å²) in [7, 11) is 0. The highest BCUT2D eigenvalue weighted by atomic mass is 16.3. The van der Waals surface area contributed by atoms with Gasteiger partial charge in [0.25, 0.3) is 0 Å². The molecule has 0 spiro atoms. The van der Waals surface area contributed by atoms with E-state index in [4.69, 9.17) is 10.2 Å². The summed E-state index contributed by atoms with van der Waals surface area (Å²) in [4.78, 5) is 15.8. The van der Waals surface area contributed by atoms with E-state index in [1.807, 2.05) is 16.7 Å². The highest BCUT2D eigenvalue weighted by molar-refractivity contribution is 6.06. The van der Waals surface area contributed by atoms with Crippen LogP contribution in [0.5, 0.6) is 0 Å². The smallest absolute Gasteiger partial charge is 0.201 e. The van der Waals surface area contributed by atoms with Crippen LogP contribution in [0.3, 0.4) is 0 Å². The van der Waals surface area contributed by atoms with E-state index in [0.29, 0.717) is 17.3 Å². The average molecular weight is 257 g/mol. The normalized spacial score (nSPS) is 11.5. The second kappa shape index (κ2) is 4.12. The van der Waals surface area contributed by atoms with Crippen molar-refractivity contribution in [3.63, 3.8) is 0 Å². The number of imidazole rings is 1. The van der Waals surface area contributed by atoms with Crippen LogP contribution in [0.1, 0.15) is 30.8 Å². The minimum atomic E-state index is -0.0844. The molecule has 0 atom stereocenters. The van der Waals surface area contributed by atoms with Crippen molar-refractivity contribution >= 4 is 33.7 Å². The number of anilines is 1. The Balaban J connectivity index is 2.39. The molecule has 1 aromatic carbocycles. The molecular weight excluding hydrogens is 242 g/mol. The number of nitrogens with zero attached hydrogens (tertiary/aromatic N) is 2. The van der Waals surface area contributed by atoms with E-state index in [-0.39, 0.29) is 5.78 Å². The maximum atomic E-state index is 11.4. The second-order valence-corrected chi connectivity index (χ2v) is 4.63. The van der Waals surface area contributed by atoms with Crippen molar-refractivity contribution in [2.75, 3.05) is 5.73 Å². The minimum absolute atomic E-state index is 0.0844. The molecule has 0 bridgehead atoms. The van der Waals surface area contributed by atoms with E-state index in [9.17, 15) is 4.79 Å². The van der Waals surface area contributed by atoms with Gasteiger partial charge >= 0.3 is 0 Å². The van der Waals surface area contributed by atoms with Gasteiger partial charge in [-0.15, -0.1) is 0 Å². The number of Topliss-reactive ketones (excluding diaryl/α,β-unsaturated/α-hetero) is 1. The first-order valence-corrected chi connectivity index (χ1v) is 6.31. The molecule has 0 aliphatic carbocycles. The van der Waals surface area contributed by atoms with E-state index in [1.54, 1.807) is 6.07 Å². The molecular formula is C14H15N3O2. The van der Waals surface area contributed by atoms with Gasteiger partial charge in [-0.3, -0.25) is 4.79 Å². The molecule has 0 amide bonds. The molecule has 19 heavy (non-hydrogen) atoms. The number of benzene rings is 1. The predicted octanol–water partition coefficient (Wildman–Crippen LogP) is 2.98. The molecule has 5 heteroatoms. The molecule has 0 radical (unpaired) electrons. The number of hydrogen-bond donors (Lipinski definition) is 1. The van der Waals surface area contributed by atoms with Crippen molar-refractivity contribution in [1.29, 1.82) is 0 Å². The number of furan rings is 1. The molecule has 0 unspecified atom stereocenters. The Labute approximate surface area is 110 Å². The number of hydrogen-bond acceptors (Lipinski definition) is 4. The van der Waals surface area contributed by atoms with E-state index < -0.39 is 0 Å². The van der Waals surface area contributed by atoms with Crippen LogP contribution >= 0.6 is 0 Å². The van der Waals surface area contributed by atoms with Crippen molar-refractivity contribution in [3.05, 3.63) is 24.0 Å². The van der Waals surface area contributed by atoms with Gasteiger partial charge in [0.05, 0.1) is 11.0 Å². The van der Waals surface area contributed by atoms with Gasteiger partial charge in [0.15, 0.2) is 11.5 Å². The number of ketones is 1. The number of carbonyl (C=O) groups excluding carboxylic acids is 1. The van der Waals surface area contributed by atoms with Crippen molar-refractivity contribution in [2.24, 2.45) is 0 Å². The van der Waals surface area contributed by atoms with Crippen LogP contribution in [0.4, 0.5) is 5.95 Å². The maximum Gasteiger partial charge on any atom is 0.201 e. The summed E-state index contributed by atoms with van der Waals surface area (Å²) in [5.41, 5.74) is 8.41. The lowest BCUT2D eigenvalue weighted by Gasteiger charge is -2.03. The maximum absolute atomic E-state index is 11.4. The first-order chi connectivity index (χ1) is 9.11. The fraction of sp³-hybridized carbons (Fsp3) is 0.286. The number of nitrogens with two attached hydrogens (primary N) is 1. The largest absolute Gasteiger partial charge is 0.453 e. The summed E-state index contributed by atoms with van der Waals surface area (Å²) in [6.07, 6.45) is 0.962. The number of aromatic nitrogens is 2. The third-order valence-corrected chi connectivity index (χ3v) is 3.23. The topological polar surface area (TPSA) is 74.1 Å². The van der Waals surface area contributed by atoms with Gasteiger partial charge in [-0.1, -0.05) is 6.92 Å². The first-order valence-electron chi connectivity index (χ1n) is 6.31. The van der Waals surface area contributed by atoms with Crippen molar-refractivity contribution in [1.82, 2.24) is 9.55 Å². The van der Waals surface area contributed by atoms with E-state index in [1.165, 1.54) is 6.92 Å². The Morgan fingerprint density at radius 2 is 2.26 bits per heavy atom. The van der Waals surface area contributed by atoms with Crippen LogP contribution in [-0.2, 0) is 6.54 Å². The van der Waals surface area contributed by atoms with Crippen molar-refractivity contribution in [3.8, 4) is 0 Å². The Hall–Kier alpha value is -2.30. The van der Waals surface area contributed by atoms with Crippen molar-refractivity contribution < 1.29 is 9.21 Å². The van der Waals surface area contributed by atoms with Gasteiger partial charge in [-0.25, -0.2) is 4.98 Å². The van der Waals surface area contributed by atoms with Crippen LogP contribution in [-0.4, -0.2) is 15.3 Å². The standard InChI is InChI=1S/C14H15N3O2/c1-3-6-17-13-9-7-12(8(2)18)19-11(9)5-4-10(13)16-14(17)15/h4-5,7H,3,6H2,1-2H3,(H2,15,16). The summed E-state index contributed by atoms with van der Waals surface area (Å²) >= 11 is 0. The van der Waals surface area contributed by atoms with Crippen LogP contribution in [0.15, 0.2) is 22.6 Å². The van der Waals surface area contributed by atoms with Crippen LogP contribution < -0.4 is 5.73 Å². The molecule has 0 saturated carbocycles. The van der Waals surface area contributed by atoms with Gasteiger partial charge in [-0.05, 0) is 24.6 Å². The lowest BCUT2D eigenvalue weighted by Crippen LogP contribution is -2.02. The molecule has 0 saturated heterocycles. The minimum Gasteiger partial charge on any atom is -0.453 e. The lowest BCUT2D eigenvalue weighted by atomic mass is 10.2. The second-order valence-electron chi connectivity index (χ2n) is 4.63. The van der Waals surface area contributed by atoms with Gasteiger partial charge in [0.2, 0.25) is 5.95 Å². The zero-order valence-corrected chi connectivity index (χ0v) is 10.9. The van der Waals surface area contributed by atoms with Gasteiger partial charge in [-0.2, -0.15) is 0 Å². The number of nitrogen functional groups attached to an aromatic ring is 1. The third kappa shape index (κ3) is 1.69. The highest BCUT2D eigenvalue weighted by Crippen LogP contribution is 2.30. The number of aryl methyl sites for hydroxylation is 1. The van der Waals surface area contributed by atoms with Gasteiger partial charge in [0, 0.05) is 18.9 Å². The Bertz CT molecular complexity index is 783. The molecule has 2 heterocycles. The van der Waals surface area contributed by atoms with Gasteiger partial charge in [0.1, 0.15) is 5.58 Å². The molecule has 5 nitrogen and oxygen atoms in total. The van der Waals surface area contributed by atoms with Crippen molar-refractivity contribution in [2.45, 2.75) is 26.8 Å². The van der Waals surface area contributed by atoms with Crippen LogP contribution in [0.25, 0.3) is 22.0 Å². The fourth-order valence-corrected chi connectivity index (χ4v) is 2.38. The quantitative estimate of drug-likeness (QED) is 0.732. The predicted molar refractivity (Wildman–Crippen MR) is 74.2 cm³/mol. The summed E-state index contributed by atoms with van der Waals surface area (Å²) in [6.45, 7) is 4.37. The average Bonchev–Trinajstić information content (AvgIpc) is 2.91. The summed E-state index contributed by atoms with van der Waals surface area (Å²) in [6, 6.07) is 5.47. The van der Waals surface area contributed by atoms with Gasteiger partial charge < -0.3 is 14.7 Å². The molecule has 0 aliphatic heterocycles. The lowest BCUT2D eigenvalue weighted by molar-refractivity contribution is 0.0989. The zero-order chi connectivity index (χ0) is 13.6. The monoisotopic (exact) mass is 257 g/mol. The molecule has 98 valence electrons. The Morgan fingerprint density at radius 1 is 1.47 bits per heavy atom. The Kier molecular flexibility index (Phi) is 2.55. The third-order valence-electron chi connectivity index (χ3n) is 3.23. The first kappa shape index (κ1) is 11.8. The SMILES string of the molecule is CCCn1c(N)nc2ccc3oc(C(C)=O)cc3c21. The van der Waals surface area contributed by atoms with E-state index in [2.05, 4.69) is 11.9 Å². The molecule has 3 aromatic rings. The number of fused-ring (bicyclic) bond motifs is 3. The van der Waals surface area contributed by atoms with Crippen LogP contribution in [0.2, 0.25) is 0 Å². The molecule has 3 rings (SSSR count). The summed E-state index contributed by atoms with van der Waals surface area (Å²) < 4.78 is 7.52. The van der Waals surface area contributed by atoms with E-state index >= 15 is 0 Å². The Morgan fingerprint density at radius 3 is 2.95 bits per heavy atom. The molecule has 2 N–H and O–H groups in total. The summed E-state index contributed by atoms with van der Waals surface area (Å²) in [5, 5.41) is 0.889. The number of rotatable bonds is 3.